The third-order valence-corrected chi connectivity index (χ3v) is 4.80. The maximum absolute atomic E-state index is 12.3. The molecule has 0 spiro atoms. The van der Waals surface area contributed by atoms with E-state index in [-0.39, 0.29) is 5.78 Å². The summed E-state index contributed by atoms with van der Waals surface area (Å²) in [6.45, 7) is 3.87. The minimum atomic E-state index is -0.135. The average molecular weight is 460 g/mol. The summed E-state index contributed by atoms with van der Waals surface area (Å²) in [6, 6.07) is 10.7. The molecular weight excluding hydrogens is 436 g/mol. The molecule has 0 aliphatic heterocycles. The number of para-hydroxylation sites is 1. The second-order valence-corrected chi connectivity index (χ2v) is 7.24. The summed E-state index contributed by atoms with van der Waals surface area (Å²) >= 11 is 0. The molecule has 0 amide bonds. The SMILES string of the molecule is CCOc1ccc(Nc2cc(Nc3cccc(-c4ncn(C)n4)c3OC)c(C(C)=O)cn2)nn1. The minimum Gasteiger partial charge on any atom is -0.494 e. The van der Waals surface area contributed by atoms with Crippen molar-refractivity contribution in [2.24, 2.45) is 7.05 Å². The lowest BCUT2D eigenvalue weighted by molar-refractivity contribution is 0.101. The first kappa shape index (κ1) is 22.6. The van der Waals surface area contributed by atoms with Crippen molar-refractivity contribution in [3.05, 3.63) is 54.5 Å². The number of hydrogen-bond acceptors (Lipinski definition) is 10. The molecule has 0 bridgehead atoms. The van der Waals surface area contributed by atoms with E-state index in [2.05, 4.69) is 35.9 Å². The molecule has 3 aromatic heterocycles. The van der Waals surface area contributed by atoms with Crippen molar-refractivity contribution in [3.63, 3.8) is 0 Å². The van der Waals surface area contributed by atoms with Gasteiger partial charge in [0.15, 0.2) is 23.2 Å². The zero-order valence-corrected chi connectivity index (χ0v) is 19.2. The highest BCUT2D eigenvalue weighted by molar-refractivity contribution is 6.00. The molecule has 0 fully saturated rings. The van der Waals surface area contributed by atoms with Gasteiger partial charge in [-0.3, -0.25) is 9.48 Å². The number of carbonyl (C=O) groups is 1. The number of pyridine rings is 1. The van der Waals surface area contributed by atoms with Crippen LogP contribution in [0.4, 0.5) is 23.0 Å². The number of benzene rings is 1. The number of Topliss-reactive ketones (excluding diaryl/α,β-unsaturated/α-hetero) is 1. The van der Waals surface area contributed by atoms with Crippen LogP contribution in [-0.2, 0) is 7.05 Å². The van der Waals surface area contributed by atoms with Crippen molar-refractivity contribution in [2.75, 3.05) is 24.4 Å². The number of hydrogen-bond donors (Lipinski definition) is 2. The molecule has 11 heteroatoms. The van der Waals surface area contributed by atoms with Gasteiger partial charge in [0.25, 0.3) is 0 Å². The molecule has 0 saturated carbocycles. The normalized spacial score (nSPS) is 10.6. The average Bonchev–Trinajstić information content (AvgIpc) is 3.26. The molecule has 11 nitrogen and oxygen atoms in total. The zero-order valence-electron chi connectivity index (χ0n) is 19.2. The quantitative estimate of drug-likeness (QED) is 0.356. The van der Waals surface area contributed by atoms with Crippen LogP contribution in [0.1, 0.15) is 24.2 Å². The van der Waals surface area contributed by atoms with E-state index in [0.29, 0.717) is 52.6 Å². The lowest BCUT2D eigenvalue weighted by Crippen LogP contribution is -2.06. The van der Waals surface area contributed by atoms with Gasteiger partial charge >= 0.3 is 0 Å². The number of carbonyl (C=O) groups excluding carboxylic acids is 1. The number of nitrogens with zero attached hydrogens (tertiary/aromatic N) is 6. The van der Waals surface area contributed by atoms with Crippen LogP contribution in [0.15, 0.2) is 48.9 Å². The molecule has 4 aromatic rings. The molecule has 0 aliphatic rings. The van der Waals surface area contributed by atoms with E-state index in [1.807, 2.05) is 25.1 Å². The van der Waals surface area contributed by atoms with Gasteiger partial charge in [-0.15, -0.1) is 10.2 Å². The Kier molecular flexibility index (Phi) is 6.62. The van der Waals surface area contributed by atoms with Gasteiger partial charge in [-0.05, 0) is 32.0 Å². The zero-order chi connectivity index (χ0) is 24.1. The predicted octanol–water partition coefficient (Wildman–Crippen LogP) is 3.76. The van der Waals surface area contributed by atoms with E-state index in [9.17, 15) is 4.79 Å². The highest BCUT2D eigenvalue weighted by Gasteiger charge is 2.17. The van der Waals surface area contributed by atoms with Crippen LogP contribution in [0.2, 0.25) is 0 Å². The number of anilines is 4. The van der Waals surface area contributed by atoms with Gasteiger partial charge in [0.2, 0.25) is 5.88 Å². The van der Waals surface area contributed by atoms with Crippen molar-refractivity contribution in [3.8, 4) is 23.0 Å². The Morgan fingerprint density at radius 3 is 2.56 bits per heavy atom. The second-order valence-electron chi connectivity index (χ2n) is 7.24. The van der Waals surface area contributed by atoms with E-state index >= 15 is 0 Å². The van der Waals surface area contributed by atoms with Gasteiger partial charge < -0.3 is 20.1 Å². The van der Waals surface area contributed by atoms with Gasteiger partial charge in [-0.25, -0.2) is 9.97 Å². The van der Waals surface area contributed by atoms with E-state index in [1.165, 1.54) is 13.1 Å². The Bertz CT molecular complexity index is 1300. The van der Waals surface area contributed by atoms with Crippen molar-refractivity contribution in [2.45, 2.75) is 13.8 Å². The maximum atomic E-state index is 12.3. The number of aromatic nitrogens is 6. The van der Waals surface area contributed by atoms with Crippen LogP contribution in [0.3, 0.4) is 0 Å². The summed E-state index contributed by atoms with van der Waals surface area (Å²) in [5.74, 6) is 2.34. The Balaban J connectivity index is 1.66. The van der Waals surface area contributed by atoms with Gasteiger partial charge in [0.05, 0.1) is 36.2 Å². The Morgan fingerprint density at radius 2 is 1.91 bits per heavy atom. The van der Waals surface area contributed by atoms with Gasteiger partial charge in [-0.1, -0.05) is 6.07 Å². The summed E-state index contributed by atoms with van der Waals surface area (Å²) in [6.07, 6.45) is 3.12. The molecule has 4 rings (SSSR count). The summed E-state index contributed by atoms with van der Waals surface area (Å²) in [5.41, 5.74) is 2.34. The van der Waals surface area contributed by atoms with Gasteiger partial charge in [-0.2, -0.15) is 5.10 Å². The van der Waals surface area contributed by atoms with E-state index in [0.717, 1.165) is 5.56 Å². The summed E-state index contributed by atoms with van der Waals surface area (Å²) in [4.78, 5) is 20.9. The molecule has 0 radical (unpaired) electrons. The lowest BCUT2D eigenvalue weighted by Gasteiger charge is -2.16. The summed E-state index contributed by atoms with van der Waals surface area (Å²) in [7, 11) is 3.37. The highest BCUT2D eigenvalue weighted by Crippen LogP contribution is 2.37. The third kappa shape index (κ3) is 4.93. The lowest BCUT2D eigenvalue weighted by atomic mass is 10.1. The van der Waals surface area contributed by atoms with Gasteiger partial charge in [0, 0.05) is 25.4 Å². The third-order valence-electron chi connectivity index (χ3n) is 4.80. The largest absolute Gasteiger partial charge is 0.494 e. The molecule has 0 aliphatic carbocycles. The smallest absolute Gasteiger partial charge is 0.233 e. The summed E-state index contributed by atoms with van der Waals surface area (Å²) in [5, 5.41) is 18.8. The number of rotatable bonds is 9. The first-order valence-electron chi connectivity index (χ1n) is 10.5. The van der Waals surface area contributed by atoms with Gasteiger partial charge in [0.1, 0.15) is 12.1 Å². The molecule has 0 unspecified atom stereocenters. The van der Waals surface area contributed by atoms with Crippen molar-refractivity contribution < 1.29 is 14.3 Å². The van der Waals surface area contributed by atoms with E-state index in [1.54, 1.807) is 43.4 Å². The fourth-order valence-electron chi connectivity index (χ4n) is 3.29. The number of ether oxygens (including phenoxy) is 2. The monoisotopic (exact) mass is 460 g/mol. The van der Waals surface area contributed by atoms with E-state index < -0.39 is 0 Å². The van der Waals surface area contributed by atoms with Crippen LogP contribution in [0, 0.1) is 0 Å². The Hall–Kier alpha value is -4.54. The predicted molar refractivity (Wildman–Crippen MR) is 127 cm³/mol. The first-order valence-corrected chi connectivity index (χ1v) is 10.5. The number of aryl methyl sites for hydroxylation is 1. The topological polar surface area (TPSA) is 129 Å². The van der Waals surface area contributed by atoms with Crippen LogP contribution < -0.4 is 20.1 Å². The van der Waals surface area contributed by atoms with Crippen LogP contribution in [0.5, 0.6) is 11.6 Å². The number of methoxy groups -OCH3 is 1. The molecule has 34 heavy (non-hydrogen) atoms. The molecule has 2 N–H and O–H groups in total. The van der Waals surface area contributed by atoms with Crippen molar-refractivity contribution in [1.29, 1.82) is 0 Å². The standard InChI is InChI=1S/C23H24N8O3/c1-5-34-21-10-9-19(28-29-21)27-20-11-18(16(12-24-20)14(2)32)26-17-8-6-7-15(22(17)33-4)23-25-13-31(3)30-23/h6-13H,5H2,1-4H3,(H2,24,26,27,28). The van der Waals surface area contributed by atoms with E-state index in [4.69, 9.17) is 9.47 Å². The second kappa shape index (κ2) is 9.94. The highest BCUT2D eigenvalue weighted by atomic mass is 16.5. The molecule has 0 atom stereocenters. The van der Waals surface area contributed by atoms with Crippen LogP contribution in [0.25, 0.3) is 11.4 Å². The van der Waals surface area contributed by atoms with Crippen molar-refractivity contribution in [1.82, 2.24) is 29.9 Å². The molecule has 0 saturated heterocycles. The number of nitrogens with one attached hydrogen (secondary N) is 2. The van der Waals surface area contributed by atoms with Crippen LogP contribution >= 0.6 is 0 Å². The maximum Gasteiger partial charge on any atom is 0.233 e. The summed E-state index contributed by atoms with van der Waals surface area (Å²) < 4.78 is 12.6. The number of ketones is 1. The molecule has 1 aromatic carbocycles. The fraction of sp³-hybridized carbons (Fsp3) is 0.217. The molecular formula is C23H24N8O3. The van der Waals surface area contributed by atoms with Crippen molar-refractivity contribution >= 4 is 28.8 Å². The first-order chi connectivity index (χ1) is 16.5. The molecule has 174 valence electrons. The Morgan fingerprint density at radius 1 is 1.06 bits per heavy atom. The fourth-order valence-corrected chi connectivity index (χ4v) is 3.29. The van der Waals surface area contributed by atoms with Crippen LogP contribution in [-0.4, -0.2) is 49.4 Å². The Labute approximate surface area is 196 Å². The molecule has 3 heterocycles. The minimum absolute atomic E-state index is 0.135.